The van der Waals surface area contributed by atoms with Crippen molar-refractivity contribution in [3.8, 4) is 0 Å². The maximum atomic E-state index is 6.85. The molecule has 0 amide bonds. The van der Waals surface area contributed by atoms with Gasteiger partial charge in [-0.3, -0.25) is 0 Å². The minimum Gasteiger partial charge on any atom is -0.409 e. The van der Waals surface area contributed by atoms with Crippen molar-refractivity contribution in [3.05, 3.63) is 21.3 Å². The van der Waals surface area contributed by atoms with Gasteiger partial charge in [-0.1, -0.05) is 46.2 Å². The summed E-state index contributed by atoms with van der Waals surface area (Å²) >= 11 is 8.10. The van der Waals surface area contributed by atoms with Crippen LogP contribution < -0.4 is 5.32 Å². The van der Waals surface area contributed by atoms with Crippen molar-refractivity contribution in [1.82, 2.24) is 5.32 Å². The van der Waals surface area contributed by atoms with Crippen LogP contribution in [-0.4, -0.2) is 20.9 Å². The number of halogens is 1. The summed E-state index contributed by atoms with van der Waals surface area (Å²) in [4.78, 5) is 0. The van der Waals surface area contributed by atoms with E-state index in [1.165, 1.54) is 36.5 Å². The third kappa shape index (κ3) is 3.89. The van der Waals surface area contributed by atoms with Crippen LogP contribution in [0.15, 0.2) is 11.4 Å². The summed E-state index contributed by atoms with van der Waals surface area (Å²) in [5, 5.41) is 5.93. The second kappa shape index (κ2) is 7.63. The molecule has 1 heterocycles. The maximum absolute atomic E-state index is 6.85. The molecule has 0 spiro atoms. The highest BCUT2D eigenvalue weighted by Crippen LogP contribution is 2.66. The fourth-order valence-electron chi connectivity index (χ4n) is 4.99. The van der Waals surface area contributed by atoms with Gasteiger partial charge in [0.05, 0.1) is 10.4 Å². The molecule has 0 aliphatic heterocycles. The van der Waals surface area contributed by atoms with Crippen molar-refractivity contribution in [2.75, 3.05) is 6.54 Å². The van der Waals surface area contributed by atoms with Gasteiger partial charge in [0.2, 0.25) is 0 Å². The lowest BCUT2D eigenvalue weighted by atomic mass is 9.97. The quantitative estimate of drug-likeness (QED) is 0.479. The van der Waals surface area contributed by atoms with E-state index in [-0.39, 0.29) is 6.10 Å². The SMILES string of the molecule is CC[Si](CC)(CC)OC(CNC1C[C@@H]2[C@H](C1)C2(C)C)c1ccsc1Cl. The van der Waals surface area contributed by atoms with E-state index in [1.807, 2.05) is 0 Å². The first-order chi connectivity index (χ1) is 11.9. The second-order valence-corrected chi connectivity index (χ2v) is 14.9. The molecule has 2 aliphatic carbocycles. The van der Waals surface area contributed by atoms with E-state index in [9.17, 15) is 0 Å². The standard InChI is InChI=1S/C20H34ClNOSSi/c1-6-25(7-2,8-3)23-18(15-9-10-24-19(15)21)13-22-14-11-16-17(12-14)20(16,4)5/h9-10,14,16-18,22H,6-8,11-13H2,1-5H3/t14?,16-,17+,18?. The Morgan fingerprint density at radius 1 is 1.24 bits per heavy atom. The minimum atomic E-state index is -1.66. The predicted octanol–water partition coefficient (Wildman–Crippen LogP) is 6.49. The number of fused-ring (bicyclic) bond motifs is 1. The van der Waals surface area contributed by atoms with E-state index in [1.54, 1.807) is 11.3 Å². The molecule has 3 rings (SSSR count). The van der Waals surface area contributed by atoms with E-state index < -0.39 is 8.32 Å². The van der Waals surface area contributed by atoms with Crippen LogP contribution in [0.1, 0.15) is 59.1 Å². The highest BCUT2D eigenvalue weighted by molar-refractivity contribution is 7.14. The zero-order chi connectivity index (χ0) is 18.2. The molecule has 2 nitrogen and oxygen atoms in total. The van der Waals surface area contributed by atoms with Gasteiger partial charge in [-0.15, -0.1) is 11.3 Å². The Labute approximate surface area is 163 Å². The summed E-state index contributed by atoms with van der Waals surface area (Å²) in [5.74, 6) is 1.87. The molecule has 0 radical (unpaired) electrons. The lowest BCUT2D eigenvalue weighted by Gasteiger charge is -2.34. The zero-order valence-corrected chi connectivity index (χ0v) is 19.0. The van der Waals surface area contributed by atoms with E-state index in [0.717, 1.165) is 22.7 Å². The summed E-state index contributed by atoms with van der Waals surface area (Å²) in [7, 11) is -1.66. The molecule has 25 heavy (non-hydrogen) atoms. The first-order valence-corrected chi connectivity index (χ1v) is 13.8. The first kappa shape index (κ1) is 19.9. The molecular formula is C20H34ClNOSSi. The Bertz CT molecular complexity index is 564. The summed E-state index contributed by atoms with van der Waals surface area (Å²) < 4.78 is 7.75. The number of hydrogen-bond donors (Lipinski definition) is 1. The van der Waals surface area contributed by atoms with Crippen LogP contribution in [-0.2, 0) is 4.43 Å². The van der Waals surface area contributed by atoms with Crippen molar-refractivity contribution < 1.29 is 4.43 Å². The molecule has 0 bridgehead atoms. The Hall–Kier alpha value is 0.127. The van der Waals surface area contributed by atoms with Crippen LogP contribution in [0.5, 0.6) is 0 Å². The van der Waals surface area contributed by atoms with Gasteiger partial charge in [-0.05, 0) is 59.7 Å². The highest BCUT2D eigenvalue weighted by Gasteiger charge is 2.61. The molecule has 142 valence electrons. The van der Waals surface area contributed by atoms with Crippen molar-refractivity contribution in [2.45, 2.75) is 77.7 Å². The van der Waals surface area contributed by atoms with Gasteiger partial charge in [-0.2, -0.15) is 0 Å². The van der Waals surface area contributed by atoms with E-state index >= 15 is 0 Å². The van der Waals surface area contributed by atoms with Gasteiger partial charge < -0.3 is 9.74 Å². The van der Waals surface area contributed by atoms with Crippen LogP contribution in [0, 0.1) is 17.3 Å². The Kier molecular flexibility index (Phi) is 6.07. The van der Waals surface area contributed by atoms with Crippen molar-refractivity contribution in [2.24, 2.45) is 17.3 Å². The number of thiophene rings is 1. The molecule has 0 saturated heterocycles. The number of rotatable bonds is 9. The molecule has 2 aliphatic rings. The first-order valence-electron chi connectivity index (χ1n) is 10.0. The van der Waals surface area contributed by atoms with E-state index in [0.29, 0.717) is 11.5 Å². The van der Waals surface area contributed by atoms with Gasteiger partial charge in [0, 0.05) is 18.2 Å². The van der Waals surface area contributed by atoms with Gasteiger partial charge in [0.1, 0.15) is 0 Å². The molecule has 5 heteroatoms. The second-order valence-electron chi connectivity index (χ2n) is 8.61. The zero-order valence-electron chi connectivity index (χ0n) is 16.4. The molecule has 4 atom stereocenters. The molecular weight excluding hydrogens is 366 g/mol. The van der Waals surface area contributed by atoms with Gasteiger partial charge in [0.25, 0.3) is 0 Å². The van der Waals surface area contributed by atoms with Crippen LogP contribution in [0.25, 0.3) is 0 Å². The smallest absolute Gasteiger partial charge is 0.192 e. The molecule has 1 aromatic rings. The normalized spacial score (nSPS) is 28.8. The third-order valence-corrected chi connectivity index (χ3v) is 13.1. The van der Waals surface area contributed by atoms with E-state index in [2.05, 4.69) is 51.4 Å². The van der Waals surface area contributed by atoms with E-state index in [4.69, 9.17) is 16.0 Å². The van der Waals surface area contributed by atoms with Crippen molar-refractivity contribution >= 4 is 31.3 Å². The maximum Gasteiger partial charge on any atom is 0.192 e. The predicted molar refractivity (Wildman–Crippen MR) is 112 cm³/mol. The summed E-state index contributed by atoms with van der Waals surface area (Å²) in [6, 6.07) is 6.36. The van der Waals surface area contributed by atoms with Gasteiger partial charge in [-0.25, -0.2) is 0 Å². The monoisotopic (exact) mass is 399 g/mol. The Morgan fingerprint density at radius 3 is 2.32 bits per heavy atom. The Balaban J connectivity index is 1.65. The average molecular weight is 400 g/mol. The molecule has 0 aromatic carbocycles. The fourth-order valence-corrected chi connectivity index (χ4v) is 8.82. The summed E-state index contributed by atoms with van der Waals surface area (Å²) in [6.07, 6.45) is 2.77. The van der Waals surface area contributed by atoms with Gasteiger partial charge >= 0.3 is 0 Å². The molecule has 2 saturated carbocycles. The van der Waals surface area contributed by atoms with Crippen LogP contribution in [0.4, 0.5) is 0 Å². The lowest BCUT2D eigenvalue weighted by molar-refractivity contribution is 0.179. The van der Waals surface area contributed by atoms with Crippen LogP contribution in [0.3, 0.4) is 0 Å². The fraction of sp³-hybridized carbons (Fsp3) is 0.800. The molecule has 2 unspecified atom stereocenters. The molecule has 1 N–H and O–H groups in total. The number of nitrogens with one attached hydrogen (secondary N) is 1. The molecule has 2 fully saturated rings. The average Bonchev–Trinajstić information content (AvgIpc) is 3.04. The topological polar surface area (TPSA) is 21.3 Å². The number of hydrogen-bond acceptors (Lipinski definition) is 3. The highest BCUT2D eigenvalue weighted by atomic mass is 35.5. The Morgan fingerprint density at radius 2 is 1.84 bits per heavy atom. The molecule has 1 aromatic heterocycles. The third-order valence-electron chi connectivity index (χ3n) is 7.27. The minimum absolute atomic E-state index is 0.107. The van der Waals surface area contributed by atoms with Gasteiger partial charge in [0.15, 0.2) is 8.32 Å². The lowest BCUT2D eigenvalue weighted by Crippen LogP contribution is -2.41. The summed E-state index contributed by atoms with van der Waals surface area (Å²) in [5.41, 5.74) is 1.79. The van der Waals surface area contributed by atoms with Crippen LogP contribution >= 0.6 is 22.9 Å². The van der Waals surface area contributed by atoms with Crippen LogP contribution in [0.2, 0.25) is 22.5 Å². The summed E-state index contributed by atoms with van der Waals surface area (Å²) in [6.45, 7) is 12.6. The van der Waals surface area contributed by atoms with Crippen molar-refractivity contribution in [1.29, 1.82) is 0 Å². The largest absolute Gasteiger partial charge is 0.409 e. The van der Waals surface area contributed by atoms with Crippen molar-refractivity contribution in [3.63, 3.8) is 0 Å².